The molecule has 0 bridgehead atoms. The summed E-state index contributed by atoms with van der Waals surface area (Å²) in [6.07, 6.45) is -4.86. The van der Waals surface area contributed by atoms with E-state index < -0.39 is 48.1 Å². The summed E-state index contributed by atoms with van der Waals surface area (Å²) in [6.45, 7) is 4.12. The van der Waals surface area contributed by atoms with Crippen molar-refractivity contribution in [2.45, 2.75) is 45.5 Å². The van der Waals surface area contributed by atoms with Gasteiger partial charge in [-0.15, -0.1) is 0 Å². The van der Waals surface area contributed by atoms with Crippen LogP contribution in [0.4, 0.5) is 23.2 Å². The van der Waals surface area contributed by atoms with Gasteiger partial charge in [0.1, 0.15) is 23.6 Å². The largest absolute Gasteiger partial charge is 0.480 e. The van der Waals surface area contributed by atoms with Gasteiger partial charge < -0.3 is 24.6 Å². The number of ether oxygens (including phenoxy) is 1. The second-order valence-electron chi connectivity index (χ2n) is 10.3. The number of carboxylic acid groups (broad SMARTS) is 1. The van der Waals surface area contributed by atoms with Crippen molar-refractivity contribution in [3.8, 4) is 11.3 Å². The first-order valence-corrected chi connectivity index (χ1v) is 13.6. The Bertz CT molecular complexity index is 1620. The van der Waals surface area contributed by atoms with Gasteiger partial charge in [0.05, 0.1) is 29.5 Å². The van der Waals surface area contributed by atoms with Crippen LogP contribution < -0.4 is 15.8 Å². The van der Waals surface area contributed by atoms with E-state index in [4.69, 9.17) is 16.3 Å². The number of morpholine rings is 1. The van der Waals surface area contributed by atoms with Gasteiger partial charge in [-0.05, 0) is 50.1 Å². The quantitative estimate of drug-likeness (QED) is 0.376. The average Bonchev–Trinajstić information content (AvgIpc) is 2.93. The average molecular weight is 625 g/mol. The van der Waals surface area contributed by atoms with Gasteiger partial charge in [0.15, 0.2) is 0 Å². The van der Waals surface area contributed by atoms with Crippen molar-refractivity contribution in [1.82, 2.24) is 14.9 Å². The van der Waals surface area contributed by atoms with E-state index in [1.165, 1.54) is 29.7 Å². The summed E-state index contributed by atoms with van der Waals surface area (Å²) in [4.78, 5) is 43.2. The molecule has 1 aromatic heterocycles. The van der Waals surface area contributed by atoms with E-state index in [0.717, 1.165) is 11.0 Å². The number of hydrogen-bond acceptors (Lipinski definition) is 6. The van der Waals surface area contributed by atoms with Crippen LogP contribution in [0.3, 0.4) is 0 Å². The Morgan fingerprint density at radius 1 is 1.21 bits per heavy atom. The molecule has 0 spiro atoms. The van der Waals surface area contributed by atoms with Crippen molar-refractivity contribution in [2.75, 3.05) is 24.7 Å². The Morgan fingerprint density at radius 2 is 1.91 bits per heavy atom. The molecule has 43 heavy (non-hydrogen) atoms. The third kappa shape index (κ3) is 6.67. The Kier molecular flexibility index (Phi) is 9.16. The number of benzene rings is 2. The van der Waals surface area contributed by atoms with Gasteiger partial charge in [0, 0.05) is 37.0 Å². The number of alkyl halides is 3. The molecule has 0 saturated carbocycles. The number of halogens is 5. The van der Waals surface area contributed by atoms with Crippen molar-refractivity contribution in [3.63, 3.8) is 0 Å². The van der Waals surface area contributed by atoms with Crippen LogP contribution in [0.5, 0.6) is 0 Å². The smallest absolute Gasteiger partial charge is 0.411 e. The number of aryl methyl sites for hydroxylation is 2. The summed E-state index contributed by atoms with van der Waals surface area (Å²) in [7, 11) is 1.61. The van der Waals surface area contributed by atoms with E-state index in [1.54, 1.807) is 27.0 Å². The summed E-state index contributed by atoms with van der Waals surface area (Å²) >= 11 is 6.45. The number of hydrogen-bond donors (Lipinski definition) is 2. The number of aliphatic carboxylic acids is 1. The molecule has 3 aromatic rings. The molecule has 1 aliphatic heterocycles. The monoisotopic (exact) mass is 624 g/mol. The highest BCUT2D eigenvalue weighted by atomic mass is 35.5. The van der Waals surface area contributed by atoms with Gasteiger partial charge in [-0.25, -0.2) is 14.2 Å². The number of aromatic nitrogens is 2. The first-order valence-electron chi connectivity index (χ1n) is 13.2. The topological polar surface area (TPSA) is 114 Å². The summed E-state index contributed by atoms with van der Waals surface area (Å²) in [5.74, 6) is -3.55. The molecule has 9 nitrogen and oxygen atoms in total. The molecule has 2 N–H and O–H groups in total. The Morgan fingerprint density at radius 3 is 2.51 bits per heavy atom. The van der Waals surface area contributed by atoms with Gasteiger partial charge in [-0.2, -0.15) is 13.2 Å². The zero-order valence-electron chi connectivity index (χ0n) is 23.7. The molecule has 2 unspecified atom stereocenters. The molecule has 1 fully saturated rings. The Balaban J connectivity index is 1.56. The Hall–Kier alpha value is -3.97. The number of anilines is 1. The highest BCUT2D eigenvalue weighted by Gasteiger charge is 2.45. The molecule has 1 saturated heterocycles. The fourth-order valence-electron chi connectivity index (χ4n) is 4.93. The van der Waals surface area contributed by atoms with Crippen LogP contribution >= 0.6 is 11.6 Å². The molecular formula is C29H29ClF4N4O5. The molecule has 2 atom stereocenters. The third-order valence-corrected chi connectivity index (χ3v) is 7.80. The molecule has 230 valence electrons. The molecular weight excluding hydrogens is 596 g/mol. The van der Waals surface area contributed by atoms with Crippen LogP contribution in [0.15, 0.2) is 35.1 Å². The lowest BCUT2D eigenvalue weighted by atomic mass is 10.0. The summed E-state index contributed by atoms with van der Waals surface area (Å²) < 4.78 is 62.1. The normalized spacial score (nSPS) is 16.2. The van der Waals surface area contributed by atoms with E-state index in [0.29, 0.717) is 22.5 Å². The molecule has 0 aliphatic carbocycles. The maximum Gasteiger partial charge on any atom is 0.411 e. The summed E-state index contributed by atoms with van der Waals surface area (Å²) in [5, 5.41) is 12.2. The van der Waals surface area contributed by atoms with E-state index in [-0.39, 0.29) is 47.1 Å². The van der Waals surface area contributed by atoms with Crippen LogP contribution in [0.1, 0.15) is 32.9 Å². The first kappa shape index (κ1) is 32.0. The zero-order chi connectivity index (χ0) is 31.8. The van der Waals surface area contributed by atoms with E-state index in [9.17, 15) is 32.7 Å². The maximum atomic E-state index is 15.2. The second kappa shape index (κ2) is 12.3. The predicted molar refractivity (Wildman–Crippen MR) is 151 cm³/mol. The number of nitrogens with zero attached hydrogens (tertiary/aromatic N) is 3. The van der Waals surface area contributed by atoms with Crippen LogP contribution in [0, 0.1) is 26.6 Å². The number of nitrogens with one attached hydrogen (secondary N) is 1. The lowest BCUT2D eigenvalue weighted by molar-refractivity contribution is -0.167. The molecule has 0 radical (unpaired) electrons. The minimum Gasteiger partial charge on any atom is -0.480 e. The number of rotatable bonds is 7. The van der Waals surface area contributed by atoms with Crippen LogP contribution in [-0.2, 0) is 23.0 Å². The van der Waals surface area contributed by atoms with Crippen molar-refractivity contribution in [2.24, 2.45) is 7.05 Å². The summed E-state index contributed by atoms with van der Waals surface area (Å²) in [6, 6.07) is 3.11. The van der Waals surface area contributed by atoms with Gasteiger partial charge in [0.2, 0.25) is 0 Å². The number of carbonyl (C=O) groups is 2. The molecule has 2 aromatic carbocycles. The van der Waals surface area contributed by atoms with E-state index in [2.05, 4.69) is 10.3 Å². The SMILES string of the molecule is Cc1cc(N2CCOCC2C(F)(F)F)cc(F)c1C(=O)NC(Cc1ccc(-c2nc(C)c(C)n(C)c2=O)c(Cl)c1)C(=O)O. The maximum absolute atomic E-state index is 15.2. The standard InChI is InChI=1S/C29H29ClF4N4O5/c1-14-9-18(38-7-8-43-13-23(38)29(32,33)34)12-21(31)24(14)26(39)36-22(28(41)42)11-17-5-6-19(20(30)10-17)25-27(40)37(4)16(3)15(2)35-25/h5-6,9-10,12,22-23H,7-8,11,13H2,1-4H3,(H,36,39)(H,41,42). The highest BCUT2D eigenvalue weighted by Crippen LogP contribution is 2.33. The molecule has 2 heterocycles. The lowest BCUT2D eigenvalue weighted by Crippen LogP contribution is -2.53. The zero-order valence-corrected chi connectivity index (χ0v) is 24.4. The molecule has 1 amide bonds. The van der Waals surface area contributed by atoms with E-state index >= 15 is 4.39 Å². The number of carbonyl (C=O) groups excluding carboxylic acids is 1. The van der Waals surface area contributed by atoms with Crippen molar-refractivity contribution in [3.05, 3.63) is 79.6 Å². The predicted octanol–water partition coefficient (Wildman–Crippen LogP) is 4.36. The van der Waals surface area contributed by atoms with Crippen LogP contribution in [0.25, 0.3) is 11.3 Å². The van der Waals surface area contributed by atoms with Gasteiger partial charge in [-0.3, -0.25) is 9.59 Å². The van der Waals surface area contributed by atoms with Gasteiger partial charge in [0.25, 0.3) is 11.5 Å². The van der Waals surface area contributed by atoms with Crippen LogP contribution in [-0.4, -0.2) is 64.6 Å². The van der Waals surface area contributed by atoms with Crippen LogP contribution in [0.2, 0.25) is 5.02 Å². The second-order valence-corrected chi connectivity index (χ2v) is 10.7. The third-order valence-electron chi connectivity index (χ3n) is 7.48. The van der Waals surface area contributed by atoms with E-state index in [1.807, 2.05) is 0 Å². The fraction of sp³-hybridized carbons (Fsp3) is 0.379. The molecule has 1 aliphatic rings. The molecule has 14 heteroatoms. The van der Waals surface area contributed by atoms with Crippen molar-refractivity contribution >= 4 is 29.2 Å². The van der Waals surface area contributed by atoms with Crippen molar-refractivity contribution in [1.29, 1.82) is 0 Å². The number of amides is 1. The summed E-state index contributed by atoms with van der Waals surface area (Å²) in [5.41, 5.74) is 1.29. The minimum absolute atomic E-state index is 0.0125. The Labute approximate surface area is 249 Å². The van der Waals surface area contributed by atoms with Crippen molar-refractivity contribution < 1.29 is 37.0 Å². The lowest BCUT2D eigenvalue weighted by Gasteiger charge is -2.38. The van der Waals surface area contributed by atoms with Gasteiger partial charge in [-0.1, -0.05) is 23.7 Å². The highest BCUT2D eigenvalue weighted by molar-refractivity contribution is 6.33. The minimum atomic E-state index is -4.62. The molecule has 4 rings (SSSR count). The number of carboxylic acids is 1. The fourth-order valence-corrected chi connectivity index (χ4v) is 5.23. The first-order chi connectivity index (χ1) is 20.1. The van der Waals surface area contributed by atoms with Gasteiger partial charge >= 0.3 is 12.1 Å².